The lowest BCUT2D eigenvalue weighted by atomic mass is 10.0. The Hall–Kier alpha value is -2.14. The third kappa shape index (κ3) is 4.59. The number of rotatable bonds is 6. The minimum atomic E-state index is 0.160. The van der Waals surface area contributed by atoms with Crippen LogP contribution in [0.5, 0.6) is 0 Å². The van der Waals surface area contributed by atoms with Gasteiger partial charge in [0.2, 0.25) is 0 Å². The van der Waals surface area contributed by atoms with Gasteiger partial charge in [-0.25, -0.2) is 0 Å². The van der Waals surface area contributed by atoms with Gasteiger partial charge in [-0.2, -0.15) is 5.10 Å². The lowest BCUT2D eigenvalue weighted by Gasteiger charge is -2.32. The molecule has 1 amide bonds. The summed E-state index contributed by atoms with van der Waals surface area (Å²) in [7, 11) is 0. The molecule has 0 bridgehead atoms. The van der Waals surface area contributed by atoms with E-state index in [1.807, 2.05) is 40.8 Å². The molecule has 2 fully saturated rings. The van der Waals surface area contributed by atoms with Crippen molar-refractivity contribution in [2.75, 3.05) is 19.6 Å². The van der Waals surface area contributed by atoms with Gasteiger partial charge in [0.25, 0.3) is 5.91 Å². The highest BCUT2D eigenvalue weighted by Crippen LogP contribution is 2.28. The lowest BCUT2D eigenvalue weighted by molar-refractivity contribution is 0.0705. The fourth-order valence-electron chi connectivity index (χ4n) is 3.89. The molecule has 0 atom stereocenters. The Bertz CT molecular complexity index is 783. The van der Waals surface area contributed by atoms with Gasteiger partial charge in [0.15, 0.2) is 0 Å². The third-order valence-electron chi connectivity index (χ3n) is 5.81. The summed E-state index contributed by atoms with van der Waals surface area (Å²) in [6.07, 6.45) is 4.91. The summed E-state index contributed by atoms with van der Waals surface area (Å²) < 4.78 is 2.01. The predicted molar refractivity (Wildman–Crippen MR) is 107 cm³/mol. The number of hydrogen-bond donors (Lipinski definition) is 1. The number of nitrogens with one attached hydrogen (secondary N) is 1. The standard InChI is InChI=1S/C22H30N4O/c1-16-13-17(2)26(24-16)15-19-5-7-20(8-6-19)22(27)25-11-9-21(10-12-25)23-14-18-3-4-18/h5-8,13,18,21,23H,3-4,9-12,14-15H2,1-2H3. The van der Waals surface area contributed by atoms with Gasteiger partial charge in [-0.05, 0) is 75.8 Å². The average Bonchev–Trinajstić information content (AvgIpc) is 3.45. The molecule has 1 aromatic heterocycles. The van der Waals surface area contributed by atoms with Crippen LogP contribution in [0.4, 0.5) is 0 Å². The Morgan fingerprint density at radius 3 is 2.41 bits per heavy atom. The fourth-order valence-corrected chi connectivity index (χ4v) is 3.89. The average molecular weight is 367 g/mol. The van der Waals surface area contributed by atoms with Crippen LogP contribution in [-0.2, 0) is 6.54 Å². The SMILES string of the molecule is Cc1cc(C)n(Cc2ccc(C(=O)N3CCC(NCC4CC4)CC3)cc2)n1. The van der Waals surface area contributed by atoms with Crippen molar-refractivity contribution in [2.45, 2.75) is 52.1 Å². The van der Waals surface area contributed by atoms with E-state index in [0.29, 0.717) is 6.04 Å². The minimum absolute atomic E-state index is 0.160. The van der Waals surface area contributed by atoms with Crippen LogP contribution in [0.15, 0.2) is 30.3 Å². The van der Waals surface area contributed by atoms with Gasteiger partial charge in [0, 0.05) is 30.4 Å². The van der Waals surface area contributed by atoms with E-state index in [4.69, 9.17) is 0 Å². The number of hydrogen-bond acceptors (Lipinski definition) is 3. The third-order valence-corrected chi connectivity index (χ3v) is 5.81. The zero-order chi connectivity index (χ0) is 18.8. The van der Waals surface area contributed by atoms with E-state index in [9.17, 15) is 4.79 Å². The highest BCUT2D eigenvalue weighted by Gasteiger charge is 2.26. The molecule has 0 unspecified atom stereocenters. The van der Waals surface area contributed by atoms with E-state index < -0.39 is 0 Å². The summed E-state index contributed by atoms with van der Waals surface area (Å²) in [5.41, 5.74) is 4.15. The highest BCUT2D eigenvalue weighted by molar-refractivity contribution is 5.94. The first-order valence-corrected chi connectivity index (χ1v) is 10.2. The van der Waals surface area contributed by atoms with Crippen LogP contribution in [0.3, 0.4) is 0 Å². The summed E-state index contributed by atoms with van der Waals surface area (Å²) in [4.78, 5) is 14.8. The lowest BCUT2D eigenvalue weighted by Crippen LogP contribution is -2.45. The molecule has 2 heterocycles. The van der Waals surface area contributed by atoms with Gasteiger partial charge >= 0.3 is 0 Å². The van der Waals surface area contributed by atoms with Crippen LogP contribution in [0.1, 0.15) is 53.0 Å². The van der Waals surface area contributed by atoms with E-state index in [1.54, 1.807) is 0 Å². The minimum Gasteiger partial charge on any atom is -0.339 e. The zero-order valence-corrected chi connectivity index (χ0v) is 16.4. The Labute approximate surface area is 161 Å². The first-order valence-electron chi connectivity index (χ1n) is 10.2. The molecule has 0 spiro atoms. The van der Waals surface area contributed by atoms with E-state index >= 15 is 0 Å². The summed E-state index contributed by atoms with van der Waals surface area (Å²) >= 11 is 0. The molecular formula is C22H30N4O. The number of aromatic nitrogens is 2. The number of carbonyl (C=O) groups excluding carboxylic acids is 1. The van der Waals surface area contributed by atoms with Crippen LogP contribution in [0.2, 0.25) is 0 Å². The molecule has 1 saturated heterocycles. The number of aryl methyl sites for hydroxylation is 2. The molecule has 1 aliphatic carbocycles. The van der Waals surface area contributed by atoms with E-state index in [1.165, 1.54) is 18.4 Å². The topological polar surface area (TPSA) is 50.2 Å². The molecule has 1 aromatic carbocycles. The molecule has 1 N–H and O–H groups in total. The summed E-state index contributed by atoms with van der Waals surface area (Å²) in [5, 5.41) is 8.18. The first kappa shape index (κ1) is 18.2. The maximum atomic E-state index is 12.8. The van der Waals surface area contributed by atoms with Gasteiger partial charge in [0.05, 0.1) is 12.2 Å². The number of nitrogens with zero attached hydrogens (tertiary/aromatic N) is 3. The predicted octanol–water partition coefficient (Wildman–Crippen LogP) is 3.15. The van der Waals surface area contributed by atoms with Gasteiger partial charge in [-0.15, -0.1) is 0 Å². The molecule has 1 aliphatic heterocycles. The van der Waals surface area contributed by atoms with Crippen molar-refractivity contribution < 1.29 is 4.79 Å². The molecule has 5 nitrogen and oxygen atoms in total. The zero-order valence-electron chi connectivity index (χ0n) is 16.4. The van der Waals surface area contributed by atoms with Gasteiger partial charge < -0.3 is 10.2 Å². The van der Waals surface area contributed by atoms with Crippen molar-refractivity contribution >= 4 is 5.91 Å². The number of carbonyl (C=O) groups is 1. The first-order chi connectivity index (χ1) is 13.1. The number of amides is 1. The molecule has 144 valence electrons. The summed E-state index contributed by atoms with van der Waals surface area (Å²) in [6, 6.07) is 10.7. The maximum Gasteiger partial charge on any atom is 0.253 e. The van der Waals surface area contributed by atoms with Gasteiger partial charge in [0.1, 0.15) is 0 Å². The number of benzene rings is 1. The van der Waals surface area contributed by atoms with Crippen molar-refractivity contribution in [3.05, 3.63) is 52.8 Å². The Balaban J connectivity index is 1.30. The summed E-state index contributed by atoms with van der Waals surface area (Å²) in [5.74, 6) is 1.07. The number of piperidine rings is 1. The van der Waals surface area contributed by atoms with Gasteiger partial charge in [-0.3, -0.25) is 9.48 Å². The smallest absolute Gasteiger partial charge is 0.253 e. The van der Waals surface area contributed by atoms with Crippen molar-refractivity contribution in [1.82, 2.24) is 20.0 Å². The van der Waals surface area contributed by atoms with Gasteiger partial charge in [-0.1, -0.05) is 12.1 Å². The summed E-state index contributed by atoms with van der Waals surface area (Å²) in [6.45, 7) is 7.70. The van der Waals surface area contributed by atoms with Crippen LogP contribution in [0, 0.1) is 19.8 Å². The number of likely N-dealkylation sites (tertiary alicyclic amines) is 1. The van der Waals surface area contributed by atoms with E-state index in [2.05, 4.69) is 23.4 Å². The molecule has 4 rings (SSSR count). The second kappa shape index (κ2) is 7.85. The Morgan fingerprint density at radius 2 is 1.81 bits per heavy atom. The quantitative estimate of drug-likeness (QED) is 0.854. The molecule has 1 saturated carbocycles. The maximum absolute atomic E-state index is 12.8. The normalized spacial score (nSPS) is 18.1. The highest BCUT2D eigenvalue weighted by atomic mass is 16.2. The van der Waals surface area contributed by atoms with Crippen LogP contribution in [0.25, 0.3) is 0 Å². The second-order valence-corrected chi connectivity index (χ2v) is 8.20. The molecule has 2 aliphatic rings. The molecule has 27 heavy (non-hydrogen) atoms. The van der Waals surface area contributed by atoms with E-state index in [0.717, 1.165) is 61.9 Å². The van der Waals surface area contributed by atoms with Crippen LogP contribution in [-0.4, -0.2) is 46.3 Å². The monoisotopic (exact) mass is 366 g/mol. The van der Waals surface area contributed by atoms with Crippen LogP contribution >= 0.6 is 0 Å². The Kier molecular flexibility index (Phi) is 5.30. The second-order valence-electron chi connectivity index (χ2n) is 8.20. The largest absolute Gasteiger partial charge is 0.339 e. The molecule has 5 heteroatoms. The van der Waals surface area contributed by atoms with Crippen molar-refractivity contribution in [3.8, 4) is 0 Å². The van der Waals surface area contributed by atoms with E-state index in [-0.39, 0.29) is 5.91 Å². The molecule has 2 aromatic rings. The fraction of sp³-hybridized carbons (Fsp3) is 0.545. The van der Waals surface area contributed by atoms with Crippen molar-refractivity contribution in [1.29, 1.82) is 0 Å². The molecule has 0 radical (unpaired) electrons. The Morgan fingerprint density at radius 1 is 1.11 bits per heavy atom. The van der Waals surface area contributed by atoms with Crippen LogP contribution < -0.4 is 5.32 Å². The molecular weight excluding hydrogens is 336 g/mol. The van der Waals surface area contributed by atoms with Crippen molar-refractivity contribution in [2.24, 2.45) is 5.92 Å². The van der Waals surface area contributed by atoms with Crippen molar-refractivity contribution in [3.63, 3.8) is 0 Å².